The van der Waals surface area contributed by atoms with Crippen LogP contribution in [-0.4, -0.2) is 10.9 Å². The fourth-order valence-corrected chi connectivity index (χ4v) is 2.35. The van der Waals surface area contributed by atoms with E-state index < -0.39 is 11.7 Å². The van der Waals surface area contributed by atoms with Gasteiger partial charge in [0.1, 0.15) is 11.5 Å². The Bertz CT molecular complexity index is 824. The molecule has 3 aromatic rings. The molecule has 0 saturated carbocycles. The van der Waals surface area contributed by atoms with Crippen molar-refractivity contribution in [2.24, 2.45) is 0 Å². The minimum absolute atomic E-state index is 0.214. The van der Waals surface area contributed by atoms with Crippen LogP contribution >= 0.6 is 11.6 Å². The molecule has 4 nitrogen and oxygen atoms in total. The zero-order chi connectivity index (χ0) is 15.0. The number of hydrogen-bond acceptors (Lipinski definition) is 2. The van der Waals surface area contributed by atoms with Crippen molar-refractivity contribution >= 4 is 39.8 Å². The Morgan fingerprint density at radius 2 is 2.05 bits per heavy atom. The Kier molecular flexibility index (Phi) is 3.27. The number of nitrogens with one attached hydrogen (secondary N) is 2. The van der Waals surface area contributed by atoms with E-state index in [1.165, 1.54) is 18.2 Å². The fraction of sp³-hybridized carbons (Fsp3) is 0. The molecule has 1 aromatic heterocycles. The summed E-state index contributed by atoms with van der Waals surface area (Å²) in [6.07, 6.45) is 0. The number of anilines is 2. The van der Waals surface area contributed by atoms with E-state index in [1.807, 2.05) is 6.07 Å². The zero-order valence-electron chi connectivity index (χ0n) is 10.8. The van der Waals surface area contributed by atoms with E-state index in [1.54, 1.807) is 18.2 Å². The van der Waals surface area contributed by atoms with Crippen molar-refractivity contribution in [3.05, 3.63) is 59.0 Å². The highest BCUT2D eigenvalue weighted by atomic mass is 35.5. The van der Waals surface area contributed by atoms with Crippen LogP contribution in [0.4, 0.5) is 15.8 Å². The van der Waals surface area contributed by atoms with Crippen molar-refractivity contribution in [3.8, 4) is 0 Å². The van der Waals surface area contributed by atoms with Crippen molar-refractivity contribution in [1.82, 2.24) is 4.98 Å². The summed E-state index contributed by atoms with van der Waals surface area (Å²) in [5.41, 5.74) is 7.71. The first kappa shape index (κ1) is 13.5. The van der Waals surface area contributed by atoms with Gasteiger partial charge in [0.2, 0.25) is 0 Å². The molecule has 0 radical (unpaired) electrons. The molecule has 4 N–H and O–H groups in total. The molecular formula is C15H11ClFN3O. The summed E-state index contributed by atoms with van der Waals surface area (Å²) in [5.74, 6) is -0.911. The molecule has 1 amide bonds. The Morgan fingerprint density at radius 3 is 2.76 bits per heavy atom. The average Bonchev–Trinajstić information content (AvgIpc) is 2.83. The minimum Gasteiger partial charge on any atom is -0.397 e. The fourth-order valence-electron chi connectivity index (χ4n) is 2.13. The molecule has 0 unspecified atom stereocenters. The number of H-pyrrole nitrogens is 1. The molecule has 0 saturated heterocycles. The van der Waals surface area contributed by atoms with Gasteiger partial charge in [0, 0.05) is 16.1 Å². The summed E-state index contributed by atoms with van der Waals surface area (Å²) >= 11 is 5.75. The second-order valence-electron chi connectivity index (χ2n) is 4.61. The number of hydrogen-bond donors (Lipinski definition) is 3. The normalized spacial score (nSPS) is 10.8. The summed E-state index contributed by atoms with van der Waals surface area (Å²) in [6, 6.07) is 10.9. The third-order valence-corrected chi connectivity index (χ3v) is 3.27. The van der Waals surface area contributed by atoms with Crippen LogP contribution in [-0.2, 0) is 0 Å². The number of amides is 1. The molecule has 106 valence electrons. The molecule has 2 aromatic carbocycles. The molecule has 0 aliphatic rings. The monoisotopic (exact) mass is 303 g/mol. The van der Waals surface area contributed by atoms with E-state index in [4.69, 9.17) is 17.3 Å². The first-order chi connectivity index (χ1) is 10.0. The van der Waals surface area contributed by atoms with Crippen LogP contribution in [0.3, 0.4) is 0 Å². The predicted octanol–water partition coefficient (Wildman–Crippen LogP) is 3.79. The number of carbonyl (C=O) groups is 1. The van der Waals surface area contributed by atoms with Gasteiger partial charge in [-0.2, -0.15) is 0 Å². The number of para-hydroxylation sites is 1. The highest BCUT2D eigenvalue weighted by molar-refractivity contribution is 6.31. The molecule has 3 rings (SSSR count). The zero-order valence-corrected chi connectivity index (χ0v) is 11.5. The van der Waals surface area contributed by atoms with Crippen molar-refractivity contribution in [2.75, 3.05) is 11.1 Å². The lowest BCUT2D eigenvalue weighted by Crippen LogP contribution is -2.12. The van der Waals surface area contributed by atoms with E-state index >= 15 is 0 Å². The Balaban J connectivity index is 1.91. The third kappa shape index (κ3) is 2.68. The number of rotatable bonds is 2. The lowest BCUT2D eigenvalue weighted by Gasteiger charge is -2.04. The van der Waals surface area contributed by atoms with Crippen LogP contribution in [0, 0.1) is 5.82 Å². The van der Waals surface area contributed by atoms with Crippen molar-refractivity contribution in [2.45, 2.75) is 0 Å². The van der Waals surface area contributed by atoms with Gasteiger partial charge in [-0.05, 0) is 30.3 Å². The van der Waals surface area contributed by atoms with E-state index in [0.717, 1.165) is 5.39 Å². The maximum absolute atomic E-state index is 13.2. The second-order valence-corrected chi connectivity index (χ2v) is 5.04. The van der Waals surface area contributed by atoms with Gasteiger partial charge in [-0.3, -0.25) is 4.79 Å². The molecule has 0 fully saturated rings. The van der Waals surface area contributed by atoms with Gasteiger partial charge in [0.15, 0.2) is 0 Å². The molecule has 0 aliphatic heterocycles. The lowest BCUT2D eigenvalue weighted by molar-refractivity contribution is 0.102. The van der Waals surface area contributed by atoms with E-state index in [2.05, 4.69) is 10.3 Å². The number of nitrogens with two attached hydrogens (primary N) is 1. The SMILES string of the molecule is Nc1cccc2cc(C(=O)Nc3cc(F)cc(Cl)c3)[nH]c12. The van der Waals surface area contributed by atoms with Gasteiger partial charge in [-0.1, -0.05) is 23.7 Å². The Labute approximate surface area is 124 Å². The average molecular weight is 304 g/mol. The lowest BCUT2D eigenvalue weighted by atomic mass is 10.2. The standard InChI is InChI=1S/C15H11ClFN3O/c16-9-5-10(17)7-11(6-9)19-15(21)13-4-8-2-1-3-12(18)14(8)20-13/h1-7,20H,18H2,(H,19,21). The van der Waals surface area contributed by atoms with Gasteiger partial charge < -0.3 is 16.0 Å². The van der Waals surface area contributed by atoms with Crippen LogP contribution in [0.2, 0.25) is 5.02 Å². The first-order valence-corrected chi connectivity index (χ1v) is 6.55. The predicted molar refractivity (Wildman–Crippen MR) is 82.1 cm³/mol. The first-order valence-electron chi connectivity index (χ1n) is 6.17. The molecule has 0 spiro atoms. The number of aromatic nitrogens is 1. The van der Waals surface area contributed by atoms with Gasteiger partial charge in [-0.15, -0.1) is 0 Å². The smallest absolute Gasteiger partial charge is 0.272 e. The summed E-state index contributed by atoms with van der Waals surface area (Å²) < 4.78 is 13.2. The van der Waals surface area contributed by atoms with Crippen LogP contribution in [0.15, 0.2) is 42.5 Å². The van der Waals surface area contributed by atoms with Gasteiger partial charge >= 0.3 is 0 Å². The van der Waals surface area contributed by atoms with Crippen LogP contribution in [0.5, 0.6) is 0 Å². The van der Waals surface area contributed by atoms with E-state index in [-0.39, 0.29) is 10.7 Å². The maximum atomic E-state index is 13.2. The van der Waals surface area contributed by atoms with Crippen LogP contribution in [0.25, 0.3) is 10.9 Å². The van der Waals surface area contributed by atoms with Crippen LogP contribution < -0.4 is 11.1 Å². The molecule has 6 heteroatoms. The van der Waals surface area contributed by atoms with Crippen molar-refractivity contribution in [3.63, 3.8) is 0 Å². The summed E-state index contributed by atoms with van der Waals surface area (Å²) in [5, 5.41) is 3.63. The molecule has 1 heterocycles. The molecular weight excluding hydrogens is 293 g/mol. The number of carbonyl (C=O) groups excluding carboxylic acids is 1. The van der Waals surface area contributed by atoms with Gasteiger partial charge in [-0.25, -0.2) is 4.39 Å². The third-order valence-electron chi connectivity index (χ3n) is 3.05. The summed E-state index contributed by atoms with van der Waals surface area (Å²) in [6.45, 7) is 0. The highest BCUT2D eigenvalue weighted by Gasteiger charge is 2.11. The largest absolute Gasteiger partial charge is 0.397 e. The number of aromatic amines is 1. The van der Waals surface area contributed by atoms with Gasteiger partial charge in [0.25, 0.3) is 5.91 Å². The minimum atomic E-state index is -0.515. The number of nitrogen functional groups attached to an aromatic ring is 1. The van der Waals surface area contributed by atoms with Crippen molar-refractivity contribution in [1.29, 1.82) is 0 Å². The number of fused-ring (bicyclic) bond motifs is 1. The topological polar surface area (TPSA) is 70.9 Å². The maximum Gasteiger partial charge on any atom is 0.272 e. The van der Waals surface area contributed by atoms with E-state index in [0.29, 0.717) is 16.9 Å². The summed E-state index contributed by atoms with van der Waals surface area (Å²) in [4.78, 5) is 15.1. The highest BCUT2D eigenvalue weighted by Crippen LogP contribution is 2.23. The second kappa shape index (κ2) is 5.10. The number of halogens is 2. The van der Waals surface area contributed by atoms with Crippen molar-refractivity contribution < 1.29 is 9.18 Å². The Hall–Kier alpha value is -2.53. The molecule has 0 atom stereocenters. The number of benzene rings is 2. The quantitative estimate of drug-likeness (QED) is 0.630. The Morgan fingerprint density at radius 1 is 1.24 bits per heavy atom. The van der Waals surface area contributed by atoms with E-state index in [9.17, 15) is 9.18 Å². The molecule has 0 bridgehead atoms. The summed E-state index contributed by atoms with van der Waals surface area (Å²) in [7, 11) is 0. The van der Waals surface area contributed by atoms with Crippen LogP contribution in [0.1, 0.15) is 10.5 Å². The molecule has 21 heavy (non-hydrogen) atoms. The van der Waals surface area contributed by atoms with Gasteiger partial charge in [0.05, 0.1) is 11.2 Å². The molecule has 0 aliphatic carbocycles.